The number of nitrogens with two attached hydrogens (primary N) is 1. The fourth-order valence-electron chi connectivity index (χ4n) is 2.24. The Hall–Kier alpha value is -1.99. The minimum atomic E-state index is 0.329. The highest BCUT2D eigenvalue weighted by Crippen LogP contribution is 2.30. The van der Waals surface area contributed by atoms with Gasteiger partial charge in [-0.05, 0) is 65.7 Å². The molecule has 0 unspecified atom stereocenters. The molecule has 21 heavy (non-hydrogen) atoms. The Morgan fingerprint density at radius 1 is 1.24 bits per heavy atom. The summed E-state index contributed by atoms with van der Waals surface area (Å²) >= 11 is 3.57. The van der Waals surface area contributed by atoms with Crippen LogP contribution in [0.4, 0.5) is 11.4 Å². The highest BCUT2D eigenvalue weighted by molar-refractivity contribution is 9.10. The second-order valence-electron chi connectivity index (χ2n) is 5.24. The van der Waals surface area contributed by atoms with Crippen LogP contribution in [0.25, 0.3) is 0 Å². The number of hydrogen-bond acceptors (Lipinski definition) is 3. The summed E-state index contributed by atoms with van der Waals surface area (Å²) in [6.07, 6.45) is 0. The van der Waals surface area contributed by atoms with Crippen molar-refractivity contribution in [3.63, 3.8) is 0 Å². The Morgan fingerprint density at radius 3 is 2.57 bits per heavy atom. The van der Waals surface area contributed by atoms with Gasteiger partial charge in [0.15, 0.2) is 0 Å². The maximum Gasteiger partial charge on any atom is 0.0992 e. The highest BCUT2D eigenvalue weighted by atomic mass is 79.9. The minimum absolute atomic E-state index is 0.329. The molecule has 0 spiro atoms. The fourth-order valence-corrected chi connectivity index (χ4v) is 2.85. The summed E-state index contributed by atoms with van der Waals surface area (Å²) in [5, 5.41) is 8.97. The molecule has 0 amide bonds. The predicted octanol–water partition coefficient (Wildman–Crippen LogP) is 4.32. The maximum atomic E-state index is 8.97. The van der Waals surface area contributed by atoms with Crippen LogP contribution in [0.5, 0.6) is 0 Å². The third-order valence-corrected chi connectivity index (χ3v) is 3.95. The second-order valence-corrected chi connectivity index (χ2v) is 6.10. The zero-order chi connectivity index (χ0) is 15.4. The van der Waals surface area contributed by atoms with Crippen molar-refractivity contribution in [2.45, 2.75) is 26.4 Å². The quantitative estimate of drug-likeness (QED) is 0.841. The van der Waals surface area contributed by atoms with Gasteiger partial charge in [0.1, 0.15) is 0 Å². The normalized spacial score (nSPS) is 10.4. The zero-order valence-electron chi connectivity index (χ0n) is 12.2. The summed E-state index contributed by atoms with van der Waals surface area (Å²) in [4.78, 5) is 2.28. The topological polar surface area (TPSA) is 53.0 Å². The summed E-state index contributed by atoms with van der Waals surface area (Å²) < 4.78 is 0.930. The van der Waals surface area contributed by atoms with E-state index in [4.69, 9.17) is 11.0 Å². The first-order chi connectivity index (χ1) is 10.0. The van der Waals surface area contributed by atoms with E-state index >= 15 is 0 Å². The Bertz CT molecular complexity index is 674. The third-order valence-electron chi connectivity index (χ3n) is 3.31. The standard InChI is InChI=1S/C17H18BrN3/c1-12(2)21(11-14-4-3-5-15(20)8-14)17-7-6-13(10-19)9-16(17)18/h3-9,12H,11,20H2,1-2H3. The molecule has 0 radical (unpaired) electrons. The zero-order valence-corrected chi connectivity index (χ0v) is 13.8. The molecule has 0 bridgehead atoms. The van der Waals surface area contributed by atoms with Crippen LogP contribution in [0.1, 0.15) is 25.0 Å². The van der Waals surface area contributed by atoms with Crippen molar-refractivity contribution in [1.82, 2.24) is 0 Å². The van der Waals surface area contributed by atoms with Crippen LogP contribution in [-0.4, -0.2) is 6.04 Å². The lowest BCUT2D eigenvalue weighted by atomic mass is 10.1. The van der Waals surface area contributed by atoms with Crippen LogP contribution in [0, 0.1) is 11.3 Å². The van der Waals surface area contributed by atoms with Crippen molar-refractivity contribution in [2.24, 2.45) is 0 Å². The van der Waals surface area contributed by atoms with E-state index in [1.54, 1.807) is 0 Å². The molecule has 0 fully saturated rings. The van der Waals surface area contributed by atoms with Gasteiger partial charge in [0.05, 0.1) is 17.3 Å². The number of nitrogen functional groups attached to an aromatic ring is 1. The Morgan fingerprint density at radius 2 is 2.00 bits per heavy atom. The molecule has 108 valence electrons. The number of hydrogen-bond donors (Lipinski definition) is 1. The van der Waals surface area contributed by atoms with Crippen molar-refractivity contribution in [2.75, 3.05) is 10.6 Å². The summed E-state index contributed by atoms with van der Waals surface area (Å²) in [5.41, 5.74) is 9.52. The molecule has 4 heteroatoms. The van der Waals surface area contributed by atoms with Gasteiger partial charge in [-0.3, -0.25) is 0 Å². The second kappa shape index (κ2) is 6.64. The van der Waals surface area contributed by atoms with E-state index < -0.39 is 0 Å². The van der Waals surface area contributed by atoms with E-state index in [0.29, 0.717) is 11.6 Å². The molecule has 0 aromatic heterocycles. The van der Waals surface area contributed by atoms with Crippen LogP contribution in [0.15, 0.2) is 46.9 Å². The maximum absolute atomic E-state index is 8.97. The largest absolute Gasteiger partial charge is 0.399 e. The lowest BCUT2D eigenvalue weighted by Crippen LogP contribution is -2.30. The molecule has 0 aliphatic carbocycles. The highest BCUT2D eigenvalue weighted by Gasteiger charge is 2.14. The Balaban J connectivity index is 2.34. The molecule has 0 aliphatic rings. The first-order valence-electron chi connectivity index (χ1n) is 6.82. The van der Waals surface area contributed by atoms with Gasteiger partial charge >= 0.3 is 0 Å². The molecular formula is C17H18BrN3. The average Bonchev–Trinajstić information content (AvgIpc) is 2.45. The van der Waals surface area contributed by atoms with E-state index in [-0.39, 0.29) is 0 Å². The summed E-state index contributed by atoms with van der Waals surface area (Å²) in [6, 6.07) is 16.1. The molecule has 0 saturated carbocycles. The molecule has 2 rings (SSSR count). The van der Waals surface area contributed by atoms with E-state index in [1.807, 2.05) is 36.4 Å². The number of anilines is 2. The van der Waals surface area contributed by atoms with Gasteiger partial charge in [0, 0.05) is 22.7 Å². The number of nitriles is 1. The van der Waals surface area contributed by atoms with Crippen LogP contribution >= 0.6 is 15.9 Å². The van der Waals surface area contributed by atoms with Gasteiger partial charge in [-0.15, -0.1) is 0 Å². The Labute approximate surface area is 134 Å². The predicted molar refractivity (Wildman–Crippen MR) is 91.0 cm³/mol. The average molecular weight is 344 g/mol. The first kappa shape index (κ1) is 15.4. The van der Waals surface area contributed by atoms with Crippen molar-refractivity contribution in [1.29, 1.82) is 5.26 Å². The number of halogens is 1. The monoisotopic (exact) mass is 343 g/mol. The molecule has 0 aliphatic heterocycles. The summed E-state index contributed by atoms with van der Waals surface area (Å²) in [5.74, 6) is 0. The molecule has 2 aromatic rings. The van der Waals surface area contributed by atoms with Gasteiger partial charge < -0.3 is 10.6 Å². The fraction of sp³-hybridized carbons (Fsp3) is 0.235. The number of nitrogens with zero attached hydrogens (tertiary/aromatic N) is 2. The van der Waals surface area contributed by atoms with Gasteiger partial charge in [0.2, 0.25) is 0 Å². The van der Waals surface area contributed by atoms with Gasteiger partial charge in [-0.2, -0.15) is 5.26 Å². The van der Waals surface area contributed by atoms with E-state index in [1.165, 1.54) is 5.56 Å². The smallest absolute Gasteiger partial charge is 0.0992 e. The summed E-state index contributed by atoms with van der Waals surface area (Å²) in [6.45, 7) is 5.07. The minimum Gasteiger partial charge on any atom is -0.399 e. The van der Waals surface area contributed by atoms with Gasteiger partial charge in [0.25, 0.3) is 0 Å². The van der Waals surface area contributed by atoms with Crippen LogP contribution in [-0.2, 0) is 6.54 Å². The van der Waals surface area contributed by atoms with Crippen molar-refractivity contribution in [3.8, 4) is 6.07 Å². The van der Waals surface area contributed by atoms with E-state index in [9.17, 15) is 0 Å². The van der Waals surface area contributed by atoms with Crippen molar-refractivity contribution < 1.29 is 0 Å². The molecule has 0 atom stereocenters. The lowest BCUT2D eigenvalue weighted by molar-refractivity contribution is 0.681. The molecule has 2 N–H and O–H groups in total. The SMILES string of the molecule is CC(C)N(Cc1cccc(N)c1)c1ccc(C#N)cc1Br. The molecule has 2 aromatic carbocycles. The van der Waals surface area contributed by atoms with Crippen LogP contribution in [0.2, 0.25) is 0 Å². The lowest BCUT2D eigenvalue weighted by Gasteiger charge is -2.30. The Kier molecular flexibility index (Phi) is 4.87. The van der Waals surface area contributed by atoms with Gasteiger partial charge in [-0.1, -0.05) is 12.1 Å². The van der Waals surface area contributed by atoms with Crippen LogP contribution in [0.3, 0.4) is 0 Å². The van der Waals surface area contributed by atoms with Crippen molar-refractivity contribution >= 4 is 27.3 Å². The van der Waals surface area contributed by atoms with E-state index in [2.05, 4.69) is 46.8 Å². The van der Waals surface area contributed by atoms with Crippen molar-refractivity contribution in [3.05, 3.63) is 58.1 Å². The number of rotatable bonds is 4. The first-order valence-corrected chi connectivity index (χ1v) is 7.61. The molecule has 0 saturated heterocycles. The molecule has 3 nitrogen and oxygen atoms in total. The van der Waals surface area contributed by atoms with Crippen LogP contribution < -0.4 is 10.6 Å². The van der Waals surface area contributed by atoms with Gasteiger partial charge in [-0.25, -0.2) is 0 Å². The molecule has 0 heterocycles. The summed E-state index contributed by atoms with van der Waals surface area (Å²) in [7, 11) is 0. The van der Waals surface area contributed by atoms with E-state index in [0.717, 1.165) is 22.4 Å². The molecular weight excluding hydrogens is 326 g/mol. The number of benzene rings is 2. The third kappa shape index (κ3) is 3.77.